The van der Waals surface area contributed by atoms with E-state index in [4.69, 9.17) is 9.84 Å². The molecular weight excluding hydrogens is 480 g/mol. The van der Waals surface area contributed by atoms with Gasteiger partial charge in [-0.05, 0) is 74.2 Å². The van der Waals surface area contributed by atoms with E-state index in [1.165, 1.54) is 0 Å². The summed E-state index contributed by atoms with van der Waals surface area (Å²) >= 11 is 0. The van der Waals surface area contributed by atoms with Crippen molar-refractivity contribution in [1.82, 2.24) is 14.7 Å². The maximum absolute atomic E-state index is 13.5. The summed E-state index contributed by atoms with van der Waals surface area (Å²) in [6.07, 6.45) is 4.68. The Hall–Kier alpha value is -4.48. The topological polar surface area (TPSA) is 108 Å². The number of imide groups is 1. The van der Waals surface area contributed by atoms with E-state index in [9.17, 15) is 20.0 Å². The van der Waals surface area contributed by atoms with Gasteiger partial charge in [0.25, 0.3) is 11.8 Å². The third-order valence-electron chi connectivity index (χ3n) is 6.88. The minimum Gasteiger partial charge on any atom is -0.490 e. The number of carbonyl (C=O) groups excluding carboxylic acids is 2. The molecule has 38 heavy (non-hydrogen) atoms. The zero-order valence-electron chi connectivity index (χ0n) is 21.6. The van der Waals surface area contributed by atoms with Gasteiger partial charge in [0.2, 0.25) is 0 Å². The van der Waals surface area contributed by atoms with Crippen LogP contribution in [-0.2, 0) is 16.0 Å². The molecule has 2 aromatic carbocycles. The second-order valence-electron chi connectivity index (χ2n) is 9.64. The van der Waals surface area contributed by atoms with Crippen molar-refractivity contribution in [3.8, 4) is 28.8 Å². The van der Waals surface area contributed by atoms with Crippen LogP contribution in [0.4, 0.5) is 0 Å². The molecule has 1 atom stereocenters. The number of fused-ring (bicyclic) bond motifs is 1. The third-order valence-corrected chi connectivity index (χ3v) is 6.88. The van der Waals surface area contributed by atoms with E-state index in [2.05, 4.69) is 6.07 Å². The van der Waals surface area contributed by atoms with E-state index < -0.39 is 11.8 Å². The minimum atomic E-state index is -0.635. The number of aliphatic hydroxyl groups is 1. The normalized spacial score (nSPS) is 18.1. The fourth-order valence-corrected chi connectivity index (χ4v) is 5.00. The van der Waals surface area contributed by atoms with Gasteiger partial charge in [0.15, 0.2) is 0 Å². The van der Waals surface area contributed by atoms with Gasteiger partial charge in [0.05, 0.1) is 11.4 Å². The largest absolute Gasteiger partial charge is 0.490 e. The maximum Gasteiger partial charge on any atom is 0.271 e. The number of aromatic nitrogens is 2. The second-order valence-corrected chi connectivity index (χ2v) is 9.64. The fourth-order valence-electron chi connectivity index (χ4n) is 5.00. The molecule has 2 aliphatic rings. The number of aryl methyl sites for hydroxylation is 1. The minimum absolute atomic E-state index is 0.0301. The van der Waals surface area contributed by atoms with Crippen LogP contribution in [0.1, 0.15) is 37.0 Å². The summed E-state index contributed by atoms with van der Waals surface area (Å²) < 4.78 is 7.75. The van der Waals surface area contributed by atoms with Gasteiger partial charge in [0.1, 0.15) is 23.5 Å². The molecule has 0 bridgehead atoms. The highest BCUT2D eigenvalue weighted by molar-refractivity contribution is 6.19. The van der Waals surface area contributed by atoms with Crippen molar-refractivity contribution in [3.63, 3.8) is 0 Å². The monoisotopic (exact) mass is 508 g/mol. The molecule has 8 heteroatoms. The first-order chi connectivity index (χ1) is 18.3. The summed E-state index contributed by atoms with van der Waals surface area (Å²) in [6, 6.07) is 15.7. The van der Waals surface area contributed by atoms with E-state index in [0.717, 1.165) is 39.4 Å². The first-order valence-corrected chi connectivity index (χ1v) is 12.6. The smallest absolute Gasteiger partial charge is 0.271 e. The summed E-state index contributed by atoms with van der Waals surface area (Å²) in [5.41, 5.74) is 5.71. The molecule has 2 amide bonds. The van der Waals surface area contributed by atoms with Crippen LogP contribution >= 0.6 is 0 Å². The number of rotatable bonds is 6. The molecule has 1 N–H and O–H groups in total. The van der Waals surface area contributed by atoms with E-state index in [-0.39, 0.29) is 36.8 Å². The lowest BCUT2D eigenvalue weighted by Gasteiger charge is -2.27. The summed E-state index contributed by atoms with van der Waals surface area (Å²) in [5.74, 6) is -0.225. The van der Waals surface area contributed by atoms with Crippen LogP contribution in [0.15, 0.2) is 65.4 Å². The lowest BCUT2D eigenvalue weighted by atomic mass is 9.92. The number of para-hydroxylation sites is 1. The number of amides is 2. The van der Waals surface area contributed by atoms with Gasteiger partial charge in [-0.3, -0.25) is 14.5 Å². The summed E-state index contributed by atoms with van der Waals surface area (Å²) in [6.45, 7) is 5.52. The Balaban J connectivity index is 1.69. The van der Waals surface area contributed by atoms with Gasteiger partial charge >= 0.3 is 0 Å². The molecule has 0 radical (unpaired) electrons. The zero-order chi connectivity index (χ0) is 27.0. The van der Waals surface area contributed by atoms with Crippen LogP contribution in [0.2, 0.25) is 0 Å². The predicted octanol–water partition coefficient (Wildman–Crippen LogP) is 4.15. The van der Waals surface area contributed by atoms with Gasteiger partial charge < -0.3 is 9.84 Å². The van der Waals surface area contributed by atoms with Crippen LogP contribution in [0.25, 0.3) is 23.0 Å². The van der Waals surface area contributed by atoms with Gasteiger partial charge in [-0.1, -0.05) is 18.2 Å². The van der Waals surface area contributed by atoms with Crippen molar-refractivity contribution in [2.45, 2.75) is 39.7 Å². The van der Waals surface area contributed by atoms with Gasteiger partial charge in [-0.25, -0.2) is 4.68 Å². The SMILES string of the molecule is CC1=C(C#N)C(=O)N(CCCO)C(=O)/C1=C/c1cn(-c2ccccc2)nc1-c1cc(C)c2c(c1)C[C@H](C)O2. The summed E-state index contributed by atoms with van der Waals surface area (Å²) in [4.78, 5) is 27.3. The first-order valence-electron chi connectivity index (χ1n) is 12.6. The number of aliphatic hydroxyl groups excluding tert-OH is 1. The standard InChI is InChI=1S/C30H28N4O4/c1-18-12-21(14-22-13-19(2)38-28(18)22)27-23(17-34(32-27)24-8-5-4-6-9-24)15-25-20(3)26(16-31)30(37)33(29(25)36)10-7-11-35/h4-6,8-9,12,14-15,17,19,35H,7,10-11,13H2,1-3H3/b25-15+/t19-/m0/s1. The summed E-state index contributed by atoms with van der Waals surface area (Å²) in [7, 11) is 0. The molecule has 8 nitrogen and oxygen atoms in total. The lowest BCUT2D eigenvalue weighted by molar-refractivity contribution is -0.140. The van der Waals surface area contributed by atoms with E-state index in [1.807, 2.05) is 62.5 Å². The van der Waals surface area contributed by atoms with Crippen molar-refractivity contribution < 1.29 is 19.4 Å². The number of carbonyl (C=O) groups is 2. The average molecular weight is 509 g/mol. The van der Waals surface area contributed by atoms with Crippen molar-refractivity contribution >= 4 is 17.9 Å². The number of nitriles is 1. The zero-order valence-corrected chi connectivity index (χ0v) is 21.6. The Morgan fingerprint density at radius 2 is 1.95 bits per heavy atom. The average Bonchev–Trinajstić information content (AvgIpc) is 3.50. The molecule has 0 fully saturated rings. The lowest BCUT2D eigenvalue weighted by Crippen LogP contribution is -2.43. The Labute approximate surface area is 221 Å². The molecule has 3 heterocycles. The Bertz CT molecular complexity index is 1540. The molecule has 0 spiro atoms. The van der Waals surface area contributed by atoms with Crippen LogP contribution < -0.4 is 4.74 Å². The van der Waals surface area contributed by atoms with E-state index in [0.29, 0.717) is 16.8 Å². The molecule has 0 saturated carbocycles. The second kappa shape index (κ2) is 10.1. The number of hydrogen-bond acceptors (Lipinski definition) is 6. The van der Waals surface area contributed by atoms with Crippen molar-refractivity contribution in [2.24, 2.45) is 0 Å². The Morgan fingerprint density at radius 3 is 2.66 bits per heavy atom. The highest BCUT2D eigenvalue weighted by atomic mass is 16.5. The highest BCUT2D eigenvalue weighted by Crippen LogP contribution is 2.38. The molecule has 0 aliphatic carbocycles. The molecule has 0 saturated heterocycles. The van der Waals surface area contributed by atoms with Crippen molar-refractivity contribution in [1.29, 1.82) is 5.26 Å². The fraction of sp³-hybridized carbons (Fsp3) is 0.267. The highest BCUT2D eigenvalue weighted by Gasteiger charge is 2.35. The van der Waals surface area contributed by atoms with Gasteiger partial charge in [0, 0.05) is 42.5 Å². The van der Waals surface area contributed by atoms with Gasteiger partial charge in [-0.2, -0.15) is 10.4 Å². The van der Waals surface area contributed by atoms with Gasteiger partial charge in [-0.15, -0.1) is 0 Å². The molecule has 3 aromatic rings. The van der Waals surface area contributed by atoms with Crippen LogP contribution in [0.5, 0.6) is 5.75 Å². The van der Waals surface area contributed by atoms with Crippen molar-refractivity contribution in [2.75, 3.05) is 13.2 Å². The first kappa shape index (κ1) is 25.2. The molecule has 1 aromatic heterocycles. The van der Waals surface area contributed by atoms with E-state index in [1.54, 1.807) is 17.7 Å². The predicted molar refractivity (Wildman–Crippen MR) is 142 cm³/mol. The van der Waals surface area contributed by atoms with Crippen LogP contribution in [0, 0.1) is 18.3 Å². The molecule has 2 aliphatic heterocycles. The number of hydrogen-bond donors (Lipinski definition) is 1. The van der Waals surface area contributed by atoms with Crippen molar-refractivity contribution in [3.05, 3.63) is 82.1 Å². The van der Waals surface area contributed by atoms with E-state index >= 15 is 0 Å². The quantitative estimate of drug-likeness (QED) is 0.396. The molecular formula is C30H28N4O4. The molecule has 192 valence electrons. The number of ether oxygens (including phenoxy) is 1. The number of nitrogens with zero attached hydrogens (tertiary/aromatic N) is 4. The molecule has 0 unspecified atom stereocenters. The molecule has 5 rings (SSSR count). The summed E-state index contributed by atoms with van der Waals surface area (Å²) in [5, 5.41) is 23.9. The third kappa shape index (κ3) is 4.42. The Kier molecular flexibility index (Phi) is 6.70. The van der Waals surface area contributed by atoms with Crippen LogP contribution in [0.3, 0.4) is 0 Å². The van der Waals surface area contributed by atoms with Crippen LogP contribution in [-0.4, -0.2) is 50.9 Å². The maximum atomic E-state index is 13.5. The number of benzene rings is 2. The Morgan fingerprint density at radius 1 is 1.18 bits per heavy atom.